The number of hydrogen-bond acceptors (Lipinski definition) is 36. The first kappa shape index (κ1) is 83.2. The highest BCUT2D eigenvalue weighted by atomic mass is 32.7. The van der Waals surface area contributed by atoms with Crippen LogP contribution in [0.4, 0.5) is 5.82 Å². The number of nitrogens with zero attached hydrogens (tertiary/aromatic N) is 6. The molecule has 5 aliphatic rings. The molecular formula is C57H77N11O31P4S3-4. The van der Waals surface area contributed by atoms with E-state index in [0.717, 1.165) is 35.2 Å². The fraction of sp³-hybridized carbons (Fsp3) is 0.649. The smallest absolute Gasteiger partial charge is 0.351 e. The van der Waals surface area contributed by atoms with Gasteiger partial charge in [-0.1, -0.05) is 30.5 Å². The summed E-state index contributed by atoms with van der Waals surface area (Å²) in [6.45, 7) is -5.04. The van der Waals surface area contributed by atoms with Gasteiger partial charge in [0.2, 0.25) is 0 Å². The molecule has 0 bridgehead atoms. The SMILES string of the molecule is CC[C@H]1O[C@@H](n2cc(C)c(=O)[nH]c2=O)CC1OP([O-])(=S)OC[C@H]1O[C@@H](n2cc(C)c(N)nc2=O)CC1OP(=O)([S-])OC[C@H](C)O[C@H]1C(OP(=O)([O-])OC[C@H](C)O[C@H]2C(OP([O-])(=S)OC[C@H](C)O[C@H]3C(O)CO[C@H]3n3cc(C)c(=O)[nH]c3=O)CO[C@H]2n2cc(C)c(=O)[nH]c2=O)CO[C@H]1n1cc(C)c(=O)[nH]c1=O. The van der Waals surface area contributed by atoms with E-state index in [4.69, 9.17) is 116 Å². The molecule has 106 heavy (non-hydrogen) atoms. The van der Waals surface area contributed by atoms with E-state index >= 15 is 0 Å². The normalized spacial score (nSPS) is 29.3. The standard InChI is InChI=1S/C57H81N11O31P4S3/c1-10-34-35(11-40(94-34)65-14-26(3)46(70)60-54(65)75)97-103(83,106)90-24-37-36(12-41(95-37)64-13-25(2)45(58)59-53(64)74)98-101(81,104)88-20-32(9)93-43-38(22-85-51(43)67-16-28(5)48(72)62-56(67)77)96-100(79,80)87-18-30(7)92-44-39(23-86-52(44)68-17-29(6)49(73)63-57(68)78)99-102(82,105)89-19-31(8)91-42-33(69)21-84-50(42)66-15-27(4)47(71)61-55(66)76/h13-17,30-44,50-52,69H,10-12,18-24H2,1-9H3,(H,79,80)(H,81,104)(H,82,105)(H,83,106)(H2,58,59,74)(H,60,70,75)(H,61,71,76)(H,62,72,77)(H,63,73,78)/p-4/t30-,31-,32-,33?,34+,35?,36?,37+,38?,39?,40+,41+,42-,43-,44-,50+,51+,52+,101?,102?,103?/m0/s1. The van der Waals surface area contributed by atoms with E-state index in [0.29, 0.717) is 12.0 Å². The van der Waals surface area contributed by atoms with E-state index in [1.165, 1.54) is 67.1 Å². The van der Waals surface area contributed by atoms with Crippen LogP contribution in [0.5, 0.6) is 0 Å². The van der Waals surface area contributed by atoms with Gasteiger partial charge in [-0.05, 0) is 61.8 Å². The van der Waals surface area contributed by atoms with Gasteiger partial charge in [0.1, 0.15) is 74.4 Å². The van der Waals surface area contributed by atoms with Gasteiger partial charge in [0.15, 0.2) is 25.5 Å². The lowest BCUT2D eigenvalue weighted by Gasteiger charge is -2.35. The average Bonchev–Trinajstić information content (AvgIpc) is 1.60. The molecule has 0 aromatic carbocycles. The number of H-pyrrole nitrogens is 4. The molecule has 7 N–H and O–H groups in total. The Balaban J connectivity index is 0.793. The Bertz CT molecular complexity index is 4820. The highest BCUT2D eigenvalue weighted by Gasteiger charge is 2.48. The first-order valence-electron chi connectivity index (χ1n) is 32.7. The number of rotatable bonds is 32. The monoisotopic (exact) mass is 1630 g/mol. The van der Waals surface area contributed by atoms with E-state index < -0.39 is 229 Å². The number of hydrogen-bond donors (Lipinski definition) is 6. The summed E-state index contributed by atoms with van der Waals surface area (Å²) in [4.78, 5) is 169. The van der Waals surface area contributed by atoms with Gasteiger partial charge in [0.05, 0.1) is 82.9 Å². The van der Waals surface area contributed by atoms with Gasteiger partial charge in [-0.15, -0.1) is 0 Å². The highest BCUT2D eigenvalue weighted by Crippen LogP contribution is 2.53. The number of phosphoric ester groups is 1. The molecule has 10 heterocycles. The van der Waals surface area contributed by atoms with Gasteiger partial charge in [-0.2, -0.15) is 4.98 Å². The van der Waals surface area contributed by atoms with Gasteiger partial charge < -0.3 is 112 Å². The third kappa shape index (κ3) is 20.3. The van der Waals surface area contributed by atoms with Crippen molar-refractivity contribution in [1.29, 1.82) is 0 Å². The van der Waals surface area contributed by atoms with Crippen molar-refractivity contribution in [2.45, 2.75) is 192 Å². The summed E-state index contributed by atoms with van der Waals surface area (Å²) in [6.07, 6.45) is -17.4. The molecule has 49 heteroatoms. The minimum atomic E-state index is -5.59. The number of anilines is 1. The Morgan fingerprint density at radius 2 is 0.934 bits per heavy atom. The molecule has 0 amide bonds. The van der Waals surface area contributed by atoms with Gasteiger partial charge in [0, 0.05) is 71.6 Å². The minimum Gasteiger partial charge on any atom is -0.780 e. The number of ether oxygens (including phenoxy) is 8. The molecule has 588 valence electrons. The quantitative estimate of drug-likeness (QED) is 0.0195. The summed E-state index contributed by atoms with van der Waals surface area (Å²) in [5.74, 6) is -0.0814. The maximum absolute atomic E-state index is 14.3. The molecule has 5 aromatic rings. The third-order valence-electron chi connectivity index (χ3n) is 17.2. The summed E-state index contributed by atoms with van der Waals surface area (Å²) in [5.41, 5.74) is -0.552. The zero-order valence-corrected chi connectivity index (χ0v) is 63.8. The molecule has 5 saturated heterocycles. The molecule has 0 spiro atoms. The van der Waals surface area contributed by atoms with Crippen molar-refractivity contribution < 1.29 is 103 Å². The molecule has 42 nitrogen and oxygen atoms in total. The molecule has 5 aromatic heterocycles. The Kier molecular flexibility index (Phi) is 26.8. The van der Waals surface area contributed by atoms with E-state index in [1.54, 1.807) is 13.8 Å². The summed E-state index contributed by atoms with van der Waals surface area (Å²) in [6, 6.07) is 0. The number of aromatic amines is 4. The largest absolute Gasteiger partial charge is 0.780 e. The van der Waals surface area contributed by atoms with Crippen molar-refractivity contribution in [3.63, 3.8) is 0 Å². The number of nitrogens with one attached hydrogen (secondary N) is 4. The van der Waals surface area contributed by atoms with Crippen LogP contribution in [0.3, 0.4) is 0 Å². The zero-order chi connectivity index (χ0) is 77.4. The molecule has 22 atom stereocenters. The topological polar surface area (TPSA) is 552 Å². The summed E-state index contributed by atoms with van der Waals surface area (Å²) < 4.78 is 127. The van der Waals surface area contributed by atoms with Crippen LogP contribution in [0, 0.1) is 34.6 Å². The lowest BCUT2D eigenvalue weighted by molar-refractivity contribution is -0.236. The van der Waals surface area contributed by atoms with Crippen LogP contribution in [0.25, 0.3) is 0 Å². The van der Waals surface area contributed by atoms with Gasteiger partial charge >= 0.3 is 28.4 Å². The minimum absolute atomic E-state index is 0.00795. The first-order valence-corrected chi connectivity index (χ1v) is 41.8. The first-order chi connectivity index (χ1) is 49.7. The molecule has 0 aliphatic carbocycles. The van der Waals surface area contributed by atoms with Crippen molar-refractivity contribution >= 4 is 69.7 Å². The van der Waals surface area contributed by atoms with Gasteiger partial charge in [-0.25, -0.2) is 24.0 Å². The molecule has 0 radical (unpaired) electrons. The number of aromatic nitrogens is 10. The summed E-state index contributed by atoms with van der Waals surface area (Å²) >= 11 is 15.9. The van der Waals surface area contributed by atoms with Gasteiger partial charge in [0.25, 0.3) is 30.1 Å². The van der Waals surface area contributed by atoms with Crippen molar-refractivity contribution in [3.8, 4) is 0 Å². The summed E-state index contributed by atoms with van der Waals surface area (Å²) in [7, 11) is -5.59. The van der Waals surface area contributed by atoms with Crippen molar-refractivity contribution in [1.82, 2.24) is 47.8 Å². The number of aryl methyl sites for hydroxylation is 5. The molecule has 10 rings (SSSR count). The summed E-state index contributed by atoms with van der Waals surface area (Å²) in [5, 5.41) is 10.7. The lowest BCUT2D eigenvalue weighted by Crippen LogP contribution is -2.42. The van der Waals surface area contributed by atoms with E-state index in [-0.39, 0.29) is 47.5 Å². The second-order valence-electron chi connectivity index (χ2n) is 25.6. The van der Waals surface area contributed by atoms with E-state index in [9.17, 15) is 72.1 Å². The van der Waals surface area contributed by atoms with E-state index in [1.807, 2.05) is 0 Å². The predicted molar refractivity (Wildman–Crippen MR) is 368 cm³/mol. The number of aliphatic hydroxyl groups is 1. The van der Waals surface area contributed by atoms with Crippen LogP contribution >= 0.6 is 28.1 Å². The Labute approximate surface area is 614 Å². The second-order valence-corrected chi connectivity index (χ2v) is 35.1. The van der Waals surface area contributed by atoms with Crippen LogP contribution < -0.4 is 71.1 Å². The van der Waals surface area contributed by atoms with E-state index in [2.05, 4.69) is 24.9 Å². The number of nitrogens with two attached hydrogens (primary N) is 1. The molecule has 5 fully saturated rings. The highest BCUT2D eigenvalue weighted by molar-refractivity contribution is 8.32. The van der Waals surface area contributed by atoms with Crippen LogP contribution in [0.15, 0.2) is 74.1 Å². The fourth-order valence-corrected chi connectivity index (χ4v) is 17.3. The number of nitrogen functional groups attached to an aromatic ring is 1. The van der Waals surface area contributed by atoms with Crippen LogP contribution in [-0.2, 0) is 119 Å². The zero-order valence-electron chi connectivity index (χ0n) is 57.8. The Morgan fingerprint density at radius 1 is 0.547 bits per heavy atom. The number of phosphoric acid groups is 1. The number of aliphatic hydroxyl groups excluding tert-OH is 1. The molecule has 9 unspecified atom stereocenters. The molecule has 5 aliphatic heterocycles. The second kappa shape index (κ2) is 34.1. The molecule has 0 saturated carbocycles. The average molecular weight is 1630 g/mol. The van der Waals surface area contributed by atoms with Crippen molar-refractivity contribution in [2.24, 2.45) is 0 Å². The Hall–Kier alpha value is -5.29. The Morgan fingerprint density at radius 3 is 1.44 bits per heavy atom. The van der Waals surface area contributed by atoms with Crippen LogP contribution in [-0.4, -0.2) is 178 Å². The van der Waals surface area contributed by atoms with Crippen LogP contribution in [0.2, 0.25) is 0 Å². The van der Waals surface area contributed by atoms with Crippen molar-refractivity contribution in [3.05, 3.63) is 153 Å². The third-order valence-corrected chi connectivity index (χ3v) is 22.9. The van der Waals surface area contributed by atoms with Gasteiger partial charge in [-0.3, -0.25) is 71.1 Å². The fourth-order valence-electron chi connectivity index (χ4n) is 11.9. The lowest BCUT2D eigenvalue weighted by atomic mass is 10.1. The maximum atomic E-state index is 14.3. The maximum Gasteiger partial charge on any atom is 0.351 e. The van der Waals surface area contributed by atoms with Crippen LogP contribution in [0.1, 0.15) is 106 Å². The predicted octanol–water partition coefficient (Wildman–Crippen LogP) is -2.28. The molecular weight excluding hydrogens is 1550 g/mol. The van der Waals surface area contributed by atoms with Crippen molar-refractivity contribution in [2.75, 3.05) is 52.0 Å².